The van der Waals surface area contributed by atoms with Gasteiger partial charge >= 0.3 is 0 Å². The van der Waals surface area contributed by atoms with Gasteiger partial charge in [-0.25, -0.2) is 9.97 Å². The summed E-state index contributed by atoms with van der Waals surface area (Å²) in [6.45, 7) is 3.70. The third-order valence-corrected chi connectivity index (χ3v) is 6.50. The molecular weight excluding hydrogens is 408 g/mol. The van der Waals surface area contributed by atoms with Crippen LogP contribution in [-0.2, 0) is 20.0 Å². The number of aryl methyl sites for hydroxylation is 2. The topological polar surface area (TPSA) is 59.7 Å². The second-order valence-electron chi connectivity index (χ2n) is 8.64. The number of nitrogens with zero attached hydrogens (tertiary/aromatic N) is 6. The highest BCUT2D eigenvalue weighted by Crippen LogP contribution is 2.40. The summed E-state index contributed by atoms with van der Waals surface area (Å²) in [4.78, 5) is 17.0. The van der Waals surface area contributed by atoms with E-state index >= 15 is 0 Å². The first-order valence-electron chi connectivity index (χ1n) is 10.8. The number of hydrogen-bond acceptors (Lipinski definition) is 5. The van der Waals surface area contributed by atoms with E-state index in [1.807, 2.05) is 43.0 Å². The molecule has 3 aromatic heterocycles. The van der Waals surface area contributed by atoms with Crippen LogP contribution in [0.25, 0.3) is 22.0 Å². The number of aromatic nitrogens is 5. The van der Waals surface area contributed by atoms with E-state index in [4.69, 9.17) is 26.6 Å². The Morgan fingerprint density at radius 1 is 1.13 bits per heavy atom. The molecule has 1 fully saturated rings. The van der Waals surface area contributed by atoms with Crippen molar-refractivity contribution in [2.45, 2.75) is 38.6 Å². The zero-order valence-corrected chi connectivity index (χ0v) is 18.4. The molecule has 1 aliphatic heterocycles. The molecule has 6 nitrogen and oxygen atoms in total. The summed E-state index contributed by atoms with van der Waals surface area (Å²) in [5, 5.41) is 6.22. The molecule has 1 saturated carbocycles. The average Bonchev–Trinajstić information content (AvgIpc) is 3.56. The SMILES string of the molecule is Cc1nn(C)cc1-c1cnc2c(c1)CN(c1nc(C3CC3)nc3ccc(Cl)cc13)CC2. The second kappa shape index (κ2) is 7.02. The number of pyridine rings is 1. The van der Waals surface area contributed by atoms with Crippen LogP contribution in [0.5, 0.6) is 0 Å². The van der Waals surface area contributed by atoms with Gasteiger partial charge in [-0.05, 0) is 49.6 Å². The number of anilines is 1. The first-order valence-corrected chi connectivity index (χ1v) is 11.1. The Bertz CT molecular complexity index is 1320. The lowest BCUT2D eigenvalue weighted by molar-refractivity contribution is 0.701. The zero-order chi connectivity index (χ0) is 21.1. The third-order valence-electron chi connectivity index (χ3n) is 6.26. The first-order chi connectivity index (χ1) is 15.0. The summed E-state index contributed by atoms with van der Waals surface area (Å²) >= 11 is 6.34. The molecule has 31 heavy (non-hydrogen) atoms. The van der Waals surface area contributed by atoms with Gasteiger partial charge in [-0.1, -0.05) is 11.6 Å². The number of hydrogen-bond donors (Lipinski definition) is 0. The number of benzene rings is 1. The van der Waals surface area contributed by atoms with Gasteiger partial charge in [0.15, 0.2) is 0 Å². The molecule has 1 aromatic carbocycles. The summed E-state index contributed by atoms with van der Waals surface area (Å²) in [6.07, 6.45) is 7.29. The van der Waals surface area contributed by atoms with Gasteiger partial charge in [0.2, 0.25) is 0 Å². The Morgan fingerprint density at radius 3 is 2.77 bits per heavy atom. The molecule has 2 aliphatic rings. The minimum absolute atomic E-state index is 0.498. The maximum atomic E-state index is 6.34. The van der Waals surface area contributed by atoms with Crippen molar-refractivity contribution < 1.29 is 0 Å². The van der Waals surface area contributed by atoms with Gasteiger partial charge in [0.05, 0.1) is 11.2 Å². The second-order valence-corrected chi connectivity index (χ2v) is 9.08. The standard InChI is InChI=1S/C24H23ClN6/c1-14-20(13-30(2)29-14)16-9-17-12-31(8-7-21(17)26-11-16)24-19-10-18(25)5-6-22(19)27-23(28-24)15-3-4-15/h5-6,9-11,13,15H,3-4,7-8,12H2,1-2H3. The monoisotopic (exact) mass is 430 g/mol. The van der Waals surface area contributed by atoms with Crippen LogP contribution in [-0.4, -0.2) is 31.3 Å². The van der Waals surface area contributed by atoms with E-state index in [1.54, 1.807) is 0 Å². The van der Waals surface area contributed by atoms with E-state index in [0.717, 1.165) is 58.9 Å². The van der Waals surface area contributed by atoms with Crippen molar-refractivity contribution >= 4 is 28.3 Å². The van der Waals surface area contributed by atoms with E-state index in [2.05, 4.69) is 22.3 Å². The molecule has 1 aliphatic carbocycles. The fraction of sp³-hybridized carbons (Fsp3) is 0.333. The van der Waals surface area contributed by atoms with Crippen molar-refractivity contribution in [1.82, 2.24) is 24.7 Å². The molecule has 0 saturated heterocycles. The van der Waals surface area contributed by atoms with Gasteiger partial charge in [0.25, 0.3) is 0 Å². The lowest BCUT2D eigenvalue weighted by atomic mass is 10.0. The fourth-order valence-corrected chi connectivity index (χ4v) is 4.68. The molecule has 4 heterocycles. The third kappa shape index (κ3) is 3.35. The Morgan fingerprint density at radius 2 is 2.00 bits per heavy atom. The van der Waals surface area contributed by atoms with Crippen molar-refractivity contribution in [3.8, 4) is 11.1 Å². The molecule has 0 atom stereocenters. The smallest absolute Gasteiger partial charge is 0.140 e. The predicted molar refractivity (Wildman–Crippen MR) is 122 cm³/mol. The van der Waals surface area contributed by atoms with E-state index in [9.17, 15) is 0 Å². The van der Waals surface area contributed by atoms with Crippen LogP contribution in [0.1, 0.15) is 41.5 Å². The van der Waals surface area contributed by atoms with Gasteiger partial charge < -0.3 is 4.90 Å². The van der Waals surface area contributed by atoms with Crippen molar-refractivity contribution in [1.29, 1.82) is 0 Å². The van der Waals surface area contributed by atoms with Crippen LogP contribution in [0.15, 0.2) is 36.7 Å². The molecular formula is C24H23ClN6. The van der Waals surface area contributed by atoms with E-state index in [1.165, 1.54) is 24.1 Å². The molecule has 4 aromatic rings. The largest absolute Gasteiger partial charge is 0.351 e. The lowest BCUT2D eigenvalue weighted by Gasteiger charge is -2.30. The van der Waals surface area contributed by atoms with E-state index in [0.29, 0.717) is 10.9 Å². The Labute approximate surface area is 185 Å². The van der Waals surface area contributed by atoms with Crippen LogP contribution in [0.2, 0.25) is 5.02 Å². The summed E-state index contributed by atoms with van der Waals surface area (Å²) < 4.78 is 1.85. The van der Waals surface area contributed by atoms with E-state index in [-0.39, 0.29) is 0 Å². The maximum Gasteiger partial charge on any atom is 0.140 e. The molecule has 156 valence electrons. The summed E-state index contributed by atoms with van der Waals surface area (Å²) in [7, 11) is 1.95. The van der Waals surface area contributed by atoms with Crippen molar-refractivity contribution in [3.05, 3.63) is 64.5 Å². The van der Waals surface area contributed by atoms with Crippen LogP contribution >= 0.6 is 11.6 Å². The molecule has 7 heteroatoms. The number of halogens is 1. The normalized spacial score (nSPS) is 16.0. The van der Waals surface area contributed by atoms with Gasteiger partial charge in [-0.2, -0.15) is 5.10 Å². The fourth-order valence-electron chi connectivity index (χ4n) is 4.50. The van der Waals surface area contributed by atoms with Gasteiger partial charge in [0.1, 0.15) is 11.6 Å². The van der Waals surface area contributed by atoms with Crippen LogP contribution in [0.4, 0.5) is 5.82 Å². The average molecular weight is 431 g/mol. The molecule has 0 spiro atoms. The van der Waals surface area contributed by atoms with Crippen LogP contribution < -0.4 is 4.90 Å². The minimum atomic E-state index is 0.498. The van der Waals surface area contributed by atoms with Gasteiger partial charge in [0, 0.05) is 72.1 Å². The quantitative estimate of drug-likeness (QED) is 0.466. The molecule has 0 radical (unpaired) electrons. The zero-order valence-electron chi connectivity index (χ0n) is 17.6. The molecule has 0 amide bonds. The van der Waals surface area contributed by atoms with Crippen molar-refractivity contribution in [2.75, 3.05) is 11.4 Å². The maximum absolute atomic E-state index is 6.34. The Balaban J connectivity index is 1.42. The van der Waals surface area contributed by atoms with Crippen LogP contribution in [0, 0.1) is 6.92 Å². The van der Waals surface area contributed by atoms with Crippen molar-refractivity contribution in [3.63, 3.8) is 0 Å². The predicted octanol–water partition coefficient (Wildman–Crippen LogP) is 4.83. The minimum Gasteiger partial charge on any atom is -0.351 e. The molecule has 0 N–H and O–H groups in total. The van der Waals surface area contributed by atoms with E-state index < -0.39 is 0 Å². The summed E-state index contributed by atoms with van der Waals surface area (Å²) in [5.41, 5.74) is 6.64. The molecule has 0 unspecified atom stereocenters. The summed E-state index contributed by atoms with van der Waals surface area (Å²) in [6, 6.07) is 8.18. The lowest BCUT2D eigenvalue weighted by Crippen LogP contribution is -2.32. The summed E-state index contributed by atoms with van der Waals surface area (Å²) in [5.74, 6) is 2.45. The van der Waals surface area contributed by atoms with Crippen molar-refractivity contribution in [2.24, 2.45) is 7.05 Å². The highest BCUT2D eigenvalue weighted by Gasteiger charge is 2.29. The van der Waals surface area contributed by atoms with Gasteiger partial charge in [-0.15, -0.1) is 0 Å². The number of fused-ring (bicyclic) bond motifs is 2. The van der Waals surface area contributed by atoms with Crippen LogP contribution in [0.3, 0.4) is 0 Å². The first kappa shape index (κ1) is 18.8. The molecule has 6 rings (SSSR count). The Kier molecular flexibility index (Phi) is 4.25. The highest BCUT2D eigenvalue weighted by molar-refractivity contribution is 6.31. The number of rotatable bonds is 3. The Hall–Kier alpha value is -2.99. The highest BCUT2D eigenvalue weighted by atomic mass is 35.5. The van der Waals surface area contributed by atoms with Gasteiger partial charge in [-0.3, -0.25) is 9.67 Å². The molecule has 0 bridgehead atoms.